The van der Waals surface area contributed by atoms with Crippen LogP contribution in [0.5, 0.6) is 23.1 Å². The minimum Gasteiger partial charge on any atom is -0.493 e. The molecule has 1 atom stereocenters. The van der Waals surface area contributed by atoms with E-state index in [0.717, 1.165) is 29.6 Å². The lowest BCUT2D eigenvalue weighted by molar-refractivity contribution is 0.00446. The van der Waals surface area contributed by atoms with Gasteiger partial charge in [0.05, 0.1) is 31.2 Å². The van der Waals surface area contributed by atoms with Gasteiger partial charge in [-0.2, -0.15) is 0 Å². The number of hydrogen-bond acceptors (Lipinski definition) is 8. The highest BCUT2D eigenvalue weighted by Gasteiger charge is 2.18. The molecule has 178 valence electrons. The van der Waals surface area contributed by atoms with E-state index < -0.39 is 6.10 Å². The van der Waals surface area contributed by atoms with Crippen LogP contribution in [0.3, 0.4) is 0 Å². The number of hydrogen-bond donors (Lipinski definition) is 2. The first-order chi connectivity index (χ1) is 16.6. The van der Waals surface area contributed by atoms with Crippen LogP contribution in [0.1, 0.15) is 5.56 Å². The fourth-order valence-corrected chi connectivity index (χ4v) is 4.13. The quantitative estimate of drug-likeness (QED) is 0.410. The number of H-pyrrole nitrogens is 1. The van der Waals surface area contributed by atoms with Crippen molar-refractivity contribution in [1.29, 1.82) is 0 Å². The molecule has 5 rings (SSSR count). The van der Waals surface area contributed by atoms with Crippen LogP contribution in [0.2, 0.25) is 0 Å². The smallest absolute Gasteiger partial charge is 0.230 e. The summed E-state index contributed by atoms with van der Waals surface area (Å²) in [7, 11) is 1.57. The molecule has 2 aromatic heterocycles. The molecule has 2 aromatic carbocycles. The Hall–Kier alpha value is -3.40. The average Bonchev–Trinajstić information content (AvgIpc) is 3.23. The second-order valence-electron chi connectivity index (χ2n) is 8.36. The minimum atomic E-state index is -0.630. The number of rotatable bonds is 8. The Kier molecular flexibility index (Phi) is 6.48. The lowest BCUT2D eigenvalue weighted by atomic mass is 10.2. The summed E-state index contributed by atoms with van der Waals surface area (Å²) in [6, 6.07) is 9.45. The number of aryl methyl sites for hydroxylation is 1. The van der Waals surface area contributed by atoms with Crippen molar-refractivity contribution in [1.82, 2.24) is 19.9 Å². The maximum atomic E-state index is 10.4. The summed E-state index contributed by atoms with van der Waals surface area (Å²) in [5.41, 5.74) is 2.85. The van der Waals surface area contributed by atoms with Gasteiger partial charge in [-0.15, -0.1) is 0 Å². The molecule has 3 heterocycles. The van der Waals surface area contributed by atoms with Crippen molar-refractivity contribution in [3.05, 3.63) is 48.4 Å². The predicted molar refractivity (Wildman–Crippen MR) is 128 cm³/mol. The molecule has 4 aromatic rings. The summed E-state index contributed by atoms with van der Waals surface area (Å²) in [5.74, 6) is 2.13. The highest BCUT2D eigenvalue weighted by atomic mass is 16.5. The molecular weight excluding hydrogens is 436 g/mol. The topological polar surface area (TPSA) is 102 Å². The molecule has 0 saturated carbocycles. The molecule has 34 heavy (non-hydrogen) atoms. The Labute approximate surface area is 197 Å². The zero-order chi connectivity index (χ0) is 23.5. The number of aliphatic hydroxyl groups is 1. The van der Waals surface area contributed by atoms with E-state index in [-0.39, 0.29) is 6.61 Å². The average molecular weight is 465 g/mol. The van der Waals surface area contributed by atoms with E-state index in [0.29, 0.717) is 53.8 Å². The van der Waals surface area contributed by atoms with Gasteiger partial charge in [0.1, 0.15) is 24.8 Å². The molecule has 0 spiro atoms. The molecule has 1 aliphatic heterocycles. The number of nitrogens with zero attached hydrogens (tertiary/aromatic N) is 3. The lowest BCUT2D eigenvalue weighted by Gasteiger charge is -2.28. The number of aromatic amines is 1. The van der Waals surface area contributed by atoms with Crippen LogP contribution < -0.4 is 14.2 Å². The zero-order valence-corrected chi connectivity index (χ0v) is 19.3. The largest absolute Gasteiger partial charge is 0.493 e. The van der Waals surface area contributed by atoms with Gasteiger partial charge < -0.3 is 29.0 Å². The maximum Gasteiger partial charge on any atom is 0.230 e. The molecule has 0 radical (unpaired) electrons. The van der Waals surface area contributed by atoms with Gasteiger partial charge in [-0.3, -0.25) is 4.90 Å². The molecule has 0 bridgehead atoms. The van der Waals surface area contributed by atoms with Gasteiger partial charge in [0, 0.05) is 42.8 Å². The summed E-state index contributed by atoms with van der Waals surface area (Å²) in [6.07, 6.45) is 2.80. The van der Waals surface area contributed by atoms with E-state index in [1.165, 1.54) is 6.33 Å². The minimum absolute atomic E-state index is 0.143. The number of benzene rings is 2. The van der Waals surface area contributed by atoms with Gasteiger partial charge in [-0.1, -0.05) is 0 Å². The van der Waals surface area contributed by atoms with Gasteiger partial charge in [0.15, 0.2) is 11.5 Å². The molecule has 1 saturated heterocycles. The van der Waals surface area contributed by atoms with Crippen molar-refractivity contribution in [2.24, 2.45) is 0 Å². The zero-order valence-electron chi connectivity index (χ0n) is 19.3. The van der Waals surface area contributed by atoms with Crippen LogP contribution in [0.25, 0.3) is 21.8 Å². The third-order valence-electron chi connectivity index (χ3n) is 5.96. The molecule has 2 N–H and O–H groups in total. The standard InChI is InChI=1S/C25H28N4O5/c1-16-12-26-21-4-3-18(9-19(16)21)34-25-20-10-23(31-2)24(11-22(20)27-15-28-25)33-14-17(30)13-29-5-7-32-8-6-29/h3-4,9-12,15,17,26,30H,5-8,13-14H2,1-2H3. The molecule has 1 fully saturated rings. The van der Waals surface area contributed by atoms with Crippen molar-refractivity contribution in [2.75, 3.05) is 46.6 Å². The number of ether oxygens (including phenoxy) is 4. The number of nitrogens with one attached hydrogen (secondary N) is 1. The Morgan fingerprint density at radius 2 is 1.97 bits per heavy atom. The number of fused-ring (bicyclic) bond motifs is 2. The van der Waals surface area contributed by atoms with Crippen LogP contribution in [-0.2, 0) is 4.74 Å². The Morgan fingerprint density at radius 3 is 2.79 bits per heavy atom. The van der Waals surface area contributed by atoms with Gasteiger partial charge >= 0.3 is 0 Å². The molecule has 0 aliphatic carbocycles. The van der Waals surface area contributed by atoms with E-state index >= 15 is 0 Å². The van der Waals surface area contributed by atoms with E-state index in [1.54, 1.807) is 19.2 Å². The SMILES string of the molecule is COc1cc2c(Oc3ccc4[nH]cc(C)c4c3)ncnc2cc1OCC(O)CN1CCOCC1. The lowest BCUT2D eigenvalue weighted by Crippen LogP contribution is -2.42. The molecule has 9 heteroatoms. The first-order valence-corrected chi connectivity index (χ1v) is 11.3. The van der Waals surface area contributed by atoms with Crippen LogP contribution in [0.4, 0.5) is 0 Å². The summed E-state index contributed by atoms with van der Waals surface area (Å²) < 4.78 is 23.0. The summed E-state index contributed by atoms with van der Waals surface area (Å²) >= 11 is 0. The third kappa shape index (κ3) is 4.77. The van der Waals surface area contributed by atoms with Crippen molar-refractivity contribution in [3.63, 3.8) is 0 Å². The van der Waals surface area contributed by atoms with E-state index in [1.807, 2.05) is 31.3 Å². The Bertz CT molecular complexity index is 1290. The fraction of sp³-hybridized carbons (Fsp3) is 0.360. The number of methoxy groups -OCH3 is 1. The molecular formula is C25H28N4O5. The van der Waals surface area contributed by atoms with E-state index in [9.17, 15) is 5.11 Å². The fourth-order valence-electron chi connectivity index (χ4n) is 4.13. The summed E-state index contributed by atoms with van der Waals surface area (Å²) in [5, 5.41) is 12.2. The number of β-amino-alcohol motifs (C(OH)–C–C–N with tert-alkyl or cyclic N) is 1. The summed E-state index contributed by atoms with van der Waals surface area (Å²) in [6.45, 7) is 5.73. The Morgan fingerprint density at radius 1 is 1.12 bits per heavy atom. The van der Waals surface area contributed by atoms with E-state index in [4.69, 9.17) is 18.9 Å². The number of aliphatic hydroxyl groups excluding tert-OH is 1. The highest BCUT2D eigenvalue weighted by Crippen LogP contribution is 2.36. The van der Waals surface area contributed by atoms with Crippen molar-refractivity contribution in [2.45, 2.75) is 13.0 Å². The van der Waals surface area contributed by atoms with Gasteiger partial charge in [0.2, 0.25) is 5.88 Å². The monoisotopic (exact) mass is 464 g/mol. The molecule has 1 aliphatic rings. The maximum absolute atomic E-state index is 10.4. The molecule has 9 nitrogen and oxygen atoms in total. The van der Waals surface area contributed by atoms with E-state index in [2.05, 4.69) is 19.9 Å². The first kappa shape index (κ1) is 22.4. The van der Waals surface area contributed by atoms with Crippen molar-refractivity contribution < 1.29 is 24.1 Å². The third-order valence-corrected chi connectivity index (χ3v) is 5.96. The van der Waals surface area contributed by atoms with Crippen molar-refractivity contribution in [3.8, 4) is 23.1 Å². The van der Waals surface area contributed by atoms with Crippen LogP contribution in [-0.4, -0.2) is 77.6 Å². The normalized spacial score (nSPS) is 15.5. The number of aromatic nitrogens is 3. The van der Waals surface area contributed by atoms with Crippen molar-refractivity contribution >= 4 is 21.8 Å². The molecule has 1 unspecified atom stereocenters. The summed E-state index contributed by atoms with van der Waals surface area (Å²) in [4.78, 5) is 14.1. The van der Waals surface area contributed by atoms with Crippen LogP contribution in [0, 0.1) is 6.92 Å². The second kappa shape index (κ2) is 9.84. The van der Waals surface area contributed by atoms with Crippen LogP contribution in [0.15, 0.2) is 42.9 Å². The highest BCUT2D eigenvalue weighted by molar-refractivity contribution is 5.88. The molecule has 0 amide bonds. The number of morpholine rings is 1. The first-order valence-electron chi connectivity index (χ1n) is 11.3. The second-order valence-corrected chi connectivity index (χ2v) is 8.36. The van der Waals surface area contributed by atoms with Gasteiger partial charge in [0.25, 0.3) is 0 Å². The predicted octanol–water partition coefficient (Wildman–Crippen LogP) is 3.29. The van der Waals surface area contributed by atoms with Gasteiger partial charge in [-0.25, -0.2) is 9.97 Å². The van der Waals surface area contributed by atoms with Gasteiger partial charge in [-0.05, 0) is 36.8 Å². The van der Waals surface area contributed by atoms with Crippen LogP contribution >= 0.6 is 0 Å². The Balaban J connectivity index is 1.35.